The number of carbonyl (C=O) groups excluding carboxylic acids is 1. The van der Waals surface area contributed by atoms with E-state index in [-0.39, 0.29) is 24.4 Å². The van der Waals surface area contributed by atoms with Gasteiger partial charge in [-0.1, -0.05) is 17.2 Å². The summed E-state index contributed by atoms with van der Waals surface area (Å²) in [5.74, 6) is 0.129. The zero-order valence-electron chi connectivity index (χ0n) is 11.0. The molecule has 1 aromatic carbocycles. The molecule has 18 heavy (non-hydrogen) atoms. The summed E-state index contributed by atoms with van der Waals surface area (Å²) in [5, 5.41) is 0. The van der Waals surface area contributed by atoms with E-state index in [9.17, 15) is 4.79 Å². The van der Waals surface area contributed by atoms with Gasteiger partial charge in [0, 0.05) is 24.7 Å². The van der Waals surface area contributed by atoms with Crippen LogP contribution in [0.5, 0.6) is 0 Å². The molecule has 0 saturated carbocycles. The number of hydrogen-bond acceptors (Lipinski definition) is 2. The summed E-state index contributed by atoms with van der Waals surface area (Å²) in [7, 11) is 0. The van der Waals surface area contributed by atoms with Gasteiger partial charge in [-0.3, -0.25) is 4.79 Å². The van der Waals surface area contributed by atoms with Crippen molar-refractivity contribution in [3.05, 3.63) is 34.9 Å². The minimum absolute atomic E-state index is 0. The molecule has 1 unspecified atom stereocenters. The van der Waals surface area contributed by atoms with Crippen LogP contribution in [0, 0.1) is 13.8 Å². The third kappa shape index (κ3) is 3.03. The highest BCUT2D eigenvalue weighted by Crippen LogP contribution is 2.20. The second-order valence-electron chi connectivity index (χ2n) is 4.91. The lowest BCUT2D eigenvalue weighted by Gasteiger charge is -2.23. The van der Waals surface area contributed by atoms with Crippen molar-refractivity contribution in [1.82, 2.24) is 4.90 Å². The first-order chi connectivity index (χ1) is 8.11. The number of hydrogen-bond donors (Lipinski definition) is 1. The van der Waals surface area contributed by atoms with Gasteiger partial charge in [-0.05, 0) is 38.8 Å². The molecule has 0 spiro atoms. The lowest BCUT2D eigenvalue weighted by atomic mass is 10.1. The lowest BCUT2D eigenvalue weighted by molar-refractivity contribution is 0.0741. The zero-order chi connectivity index (χ0) is 12.4. The molecule has 1 aliphatic rings. The number of nitrogens with zero attached hydrogens (tertiary/aromatic N) is 1. The minimum atomic E-state index is 0. The van der Waals surface area contributed by atoms with E-state index in [1.54, 1.807) is 0 Å². The number of halogens is 1. The van der Waals surface area contributed by atoms with Crippen molar-refractivity contribution in [3.8, 4) is 0 Å². The summed E-state index contributed by atoms with van der Waals surface area (Å²) in [6, 6.07) is 6.23. The van der Waals surface area contributed by atoms with Crippen molar-refractivity contribution >= 4 is 18.3 Å². The molecule has 2 N–H and O–H groups in total. The third-order valence-corrected chi connectivity index (χ3v) is 3.38. The van der Waals surface area contributed by atoms with Crippen LogP contribution in [0.1, 0.15) is 34.3 Å². The smallest absolute Gasteiger partial charge is 0.254 e. The maximum atomic E-state index is 12.4. The summed E-state index contributed by atoms with van der Waals surface area (Å²) in [6.45, 7) is 5.45. The fourth-order valence-corrected chi connectivity index (χ4v) is 2.61. The number of benzene rings is 1. The first-order valence-corrected chi connectivity index (χ1v) is 6.21. The number of likely N-dealkylation sites (tertiary alicyclic amines) is 1. The number of rotatable bonds is 2. The monoisotopic (exact) mass is 268 g/mol. The Morgan fingerprint density at radius 3 is 2.50 bits per heavy atom. The normalized spacial score (nSPS) is 18.6. The Hall–Kier alpha value is -1.06. The molecule has 0 aliphatic carbocycles. The minimum Gasteiger partial charge on any atom is -0.334 e. The summed E-state index contributed by atoms with van der Waals surface area (Å²) in [4.78, 5) is 14.3. The Morgan fingerprint density at radius 2 is 1.94 bits per heavy atom. The van der Waals surface area contributed by atoms with Crippen molar-refractivity contribution in [2.75, 3.05) is 13.1 Å². The maximum absolute atomic E-state index is 12.4. The van der Waals surface area contributed by atoms with Crippen LogP contribution < -0.4 is 5.73 Å². The summed E-state index contributed by atoms with van der Waals surface area (Å²) in [5.41, 5.74) is 8.77. The summed E-state index contributed by atoms with van der Waals surface area (Å²) in [6.07, 6.45) is 2.10. The predicted octanol–water partition coefficient (Wildman–Crippen LogP) is 2.29. The van der Waals surface area contributed by atoms with Crippen LogP contribution in [-0.4, -0.2) is 29.9 Å². The summed E-state index contributed by atoms with van der Waals surface area (Å²) >= 11 is 0. The van der Waals surface area contributed by atoms with Gasteiger partial charge in [0.1, 0.15) is 0 Å². The molecular formula is C14H21ClN2O. The van der Waals surface area contributed by atoms with Gasteiger partial charge in [-0.25, -0.2) is 0 Å². The van der Waals surface area contributed by atoms with E-state index >= 15 is 0 Å². The lowest BCUT2D eigenvalue weighted by Crippen LogP contribution is -2.39. The van der Waals surface area contributed by atoms with Crippen LogP contribution in [0.4, 0.5) is 0 Å². The fourth-order valence-electron chi connectivity index (χ4n) is 2.61. The summed E-state index contributed by atoms with van der Waals surface area (Å²) < 4.78 is 0. The Morgan fingerprint density at radius 1 is 1.33 bits per heavy atom. The number of aryl methyl sites for hydroxylation is 2. The van der Waals surface area contributed by atoms with Crippen LogP contribution >= 0.6 is 12.4 Å². The largest absolute Gasteiger partial charge is 0.334 e. The number of nitrogens with two attached hydrogens (primary N) is 1. The van der Waals surface area contributed by atoms with Crippen LogP contribution in [0.15, 0.2) is 18.2 Å². The maximum Gasteiger partial charge on any atom is 0.254 e. The molecule has 3 nitrogen and oxygen atoms in total. The van der Waals surface area contributed by atoms with E-state index in [1.807, 2.05) is 30.9 Å². The second kappa shape index (κ2) is 6.21. The van der Waals surface area contributed by atoms with Crippen LogP contribution in [0.3, 0.4) is 0 Å². The van der Waals surface area contributed by atoms with Gasteiger partial charge in [0.05, 0.1) is 0 Å². The zero-order valence-corrected chi connectivity index (χ0v) is 11.8. The molecule has 1 fully saturated rings. The highest BCUT2D eigenvalue weighted by atomic mass is 35.5. The van der Waals surface area contributed by atoms with Crippen molar-refractivity contribution in [1.29, 1.82) is 0 Å². The topological polar surface area (TPSA) is 46.3 Å². The quantitative estimate of drug-likeness (QED) is 0.895. The van der Waals surface area contributed by atoms with Gasteiger partial charge in [0.25, 0.3) is 5.91 Å². The molecule has 1 amide bonds. The molecule has 1 aromatic rings. The van der Waals surface area contributed by atoms with Crippen molar-refractivity contribution in [2.24, 2.45) is 5.73 Å². The molecule has 0 aromatic heterocycles. The highest BCUT2D eigenvalue weighted by molar-refractivity contribution is 5.95. The van der Waals surface area contributed by atoms with Crippen molar-refractivity contribution < 1.29 is 4.79 Å². The van der Waals surface area contributed by atoms with Gasteiger partial charge >= 0.3 is 0 Å². The van der Waals surface area contributed by atoms with E-state index in [4.69, 9.17) is 5.73 Å². The first-order valence-electron chi connectivity index (χ1n) is 6.21. The standard InChI is InChI=1S/C14H20N2O.ClH/c1-10-6-11(2)8-12(7-10)14(17)16-5-3-4-13(16)9-15;/h6-8,13H,3-5,9,15H2,1-2H3;1H. The van der Waals surface area contributed by atoms with E-state index < -0.39 is 0 Å². The van der Waals surface area contributed by atoms with E-state index in [0.29, 0.717) is 6.54 Å². The van der Waals surface area contributed by atoms with E-state index in [1.165, 1.54) is 0 Å². The SMILES string of the molecule is Cc1cc(C)cc(C(=O)N2CCCC2CN)c1.Cl. The Balaban J connectivity index is 0.00000162. The van der Waals surface area contributed by atoms with Gasteiger partial charge in [0.15, 0.2) is 0 Å². The average Bonchev–Trinajstić information content (AvgIpc) is 2.74. The third-order valence-electron chi connectivity index (χ3n) is 3.38. The molecule has 1 heterocycles. The Kier molecular flexibility index (Phi) is 5.17. The molecule has 2 rings (SSSR count). The molecule has 4 heteroatoms. The van der Waals surface area contributed by atoms with Crippen LogP contribution in [-0.2, 0) is 0 Å². The average molecular weight is 269 g/mol. The first kappa shape index (κ1) is 15.0. The molecule has 1 atom stereocenters. The molecular weight excluding hydrogens is 248 g/mol. The Bertz CT molecular complexity index is 414. The van der Waals surface area contributed by atoms with Gasteiger partial charge in [0.2, 0.25) is 0 Å². The molecule has 1 aliphatic heterocycles. The fraction of sp³-hybridized carbons (Fsp3) is 0.500. The number of carbonyl (C=O) groups is 1. The van der Waals surface area contributed by atoms with Crippen molar-refractivity contribution in [3.63, 3.8) is 0 Å². The van der Waals surface area contributed by atoms with Gasteiger partial charge in [-0.15, -0.1) is 12.4 Å². The molecule has 0 radical (unpaired) electrons. The molecule has 1 saturated heterocycles. The van der Waals surface area contributed by atoms with E-state index in [0.717, 1.165) is 36.1 Å². The predicted molar refractivity (Wildman–Crippen MR) is 76.3 cm³/mol. The second-order valence-corrected chi connectivity index (χ2v) is 4.91. The molecule has 100 valence electrons. The number of amides is 1. The molecule has 0 bridgehead atoms. The van der Waals surface area contributed by atoms with Crippen molar-refractivity contribution in [2.45, 2.75) is 32.7 Å². The van der Waals surface area contributed by atoms with Gasteiger partial charge < -0.3 is 10.6 Å². The Labute approximate surface area is 115 Å². The van der Waals surface area contributed by atoms with Crippen LogP contribution in [0.25, 0.3) is 0 Å². The van der Waals surface area contributed by atoms with E-state index in [2.05, 4.69) is 6.07 Å². The van der Waals surface area contributed by atoms with Crippen LogP contribution in [0.2, 0.25) is 0 Å². The highest BCUT2D eigenvalue weighted by Gasteiger charge is 2.28. The van der Waals surface area contributed by atoms with Gasteiger partial charge in [-0.2, -0.15) is 0 Å².